The number of likely N-dealkylation sites (tertiary alicyclic amines) is 1. The molecule has 2 aliphatic heterocycles. The third-order valence-electron chi connectivity index (χ3n) is 7.07. The van der Waals surface area contributed by atoms with Gasteiger partial charge in [-0.25, -0.2) is 0 Å². The number of nitrogens with one attached hydrogen (secondary N) is 1. The number of carbonyl (C=O) groups is 1. The van der Waals surface area contributed by atoms with E-state index in [-0.39, 0.29) is 11.5 Å². The Labute approximate surface area is 174 Å². The Balaban J connectivity index is 1.43. The number of benzene rings is 2. The number of carbonyl (C=O) groups excluding carboxylic acids is 1. The van der Waals surface area contributed by atoms with Gasteiger partial charge in [0.25, 0.3) is 0 Å². The largest absolute Gasteiger partial charge is 0.342 e. The number of piperidine rings is 1. The Hall–Kier alpha value is -2.17. The molecule has 4 nitrogen and oxygen atoms in total. The van der Waals surface area contributed by atoms with Crippen LogP contribution in [0.5, 0.6) is 0 Å². The van der Waals surface area contributed by atoms with Crippen molar-refractivity contribution in [1.82, 2.24) is 15.1 Å². The van der Waals surface area contributed by atoms with E-state index in [1.165, 1.54) is 11.1 Å². The van der Waals surface area contributed by atoms with Gasteiger partial charge in [0.1, 0.15) is 0 Å². The van der Waals surface area contributed by atoms with E-state index in [1.54, 1.807) is 0 Å². The van der Waals surface area contributed by atoms with Crippen molar-refractivity contribution in [2.75, 3.05) is 40.3 Å². The fourth-order valence-corrected chi connectivity index (χ4v) is 5.23. The molecule has 2 heterocycles. The van der Waals surface area contributed by atoms with Gasteiger partial charge in [0, 0.05) is 25.2 Å². The lowest BCUT2D eigenvalue weighted by atomic mass is 9.79. The van der Waals surface area contributed by atoms with Crippen LogP contribution in [0.4, 0.5) is 0 Å². The minimum atomic E-state index is 0.0232. The first-order chi connectivity index (χ1) is 14.1. The Morgan fingerprint density at radius 3 is 2.24 bits per heavy atom. The number of hydrogen-bond donors (Lipinski definition) is 1. The van der Waals surface area contributed by atoms with Crippen molar-refractivity contribution in [2.24, 2.45) is 11.8 Å². The molecule has 29 heavy (non-hydrogen) atoms. The lowest BCUT2D eigenvalue weighted by Crippen LogP contribution is -2.53. The summed E-state index contributed by atoms with van der Waals surface area (Å²) in [5.74, 6) is 0.828. The quantitative estimate of drug-likeness (QED) is 0.851. The van der Waals surface area contributed by atoms with Crippen LogP contribution in [0.2, 0.25) is 0 Å². The Bertz CT molecular complexity index is 797. The molecule has 154 valence electrons. The second kappa shape index (κ2) is 8.68. The van der Waals surface area contributed by atoms with Crippen molar-refractivity contribution in [1.29, 1.82) is 0 Å². The average Bonchev–Trinajstić information content (AvgIpc) is 3.22. The molecule has 2 atom stereocenters. The van der Waals surface area contributed by atoms with Crippen molar-refractivity contribution in [2.45, 2.75) is 24.8 Å². The summed E-state index contributed by atoms with van der Waals surface area (Å²) in [6.07, 6.45) is 2.95. The van der Waals surface area contributed by atoms with E-state index in [2.05, 4.69) is 89.9 Å². The van der Waals surface area contributed by atoms with Gasteiger partial charge >= 0.3 is 0 Å². The summed E-state index contributed by atoms with van der Waals surface area (Å²) in [5.41, 5.74) is 2.71. The van der Waals surface area contributed by atoms with E-state index in [9.17, 15) is 4.79 Å². The summed E-state index contributed by atoms with van der Waals surface area (Å²) in [4.78, 5) is 17.9. The van der Waals surface area contributed by atoms with Crippen LogP contribution in [0, 0.1) is 11.8 Å². The van der Waals surface area contributed by atoms with Crippen LogP contribution in [0.3, 0.4) is 0 Å². The number of amides is 1. The molecule has 0 saturated carbocycles. The van der Waals surface area contributed by atoms with Crippen LogP contribution in [0.15, 0.2) is 60.7 Å². The van der Waals surface area contributed by atoms with Crippen molar-refractivity contribution >= 4 is 5.91 Å². The van der Waals surface area contributed by atoms with E-state index in [1.807, 2.05) is 0 Å². The van der Waals surface area contributed by atoms with Crippen LogP contribution in [-0.4, -0.2) is 56.0 Å². The summed E-state index contributed by atoms with van der Waals surface area (Å²) in [6.45, 7) is 3.41. The highest BCUT2D eigenvalue weighted by Gasteiger charge is 2.42. The lowest BCUT2D eigenvalue weighted by Gasteiger charge is -2.47. The molecule has 1 amide bonds. The first kappa shape index (κ1) is 20.1. The van der Waals surface area contributed by atoms with Crippen molar-refractivity contribution in [3.63, 3.8) is 0 Å². The summed E-state index contributed by atoms with van der Waals surface area (Å²) < 4.78 is 0. The predicted octanol–water partition coefficient (Wildman–Crippen LogP) is 3.14. The Kier molecular flexibility index (Phi) is 6.02. The molecule has 0 aliphatic carbocycles. The second-order valence-electron chi connectivity index (χ2n) is 8.83. The first-order valence-corrected chi connectivity index (χ1v) is 10.9. The monoisotopic (exact) mass is 391 g/mol. The maximum Gasteiger partial charge on any atom is 0.227 e. The molecule has 1 N–H and O–H groups in total. The van der Waals surface area contributed by atoms with E-state index in [0.29, 0.717) is 11.8 Å². The van der Waals surface area contributed by atoms with E-state index >= 15 is 0 Å². The van der Waals surface area contributed by atoms with Gasteiger partial charge in [-0.3, -0.25) is 9.69 Å². The third kappa shape index (κ3) is 4.10. The van der Waals surface area contributed by atoms with Crippen LogP contribution in [0.25, 0.3) is 0 Å². The van der Waals surface area contributed by atoms with Crippen LogP contribution < -0.4 is 5.32 Å². The zero-order valence-electron chi connectivity index (χ0n) is 17.7. The molecule has 2 aliphatic rings. The highest BCUT2D eigenvalue weighted by molar-refractivity contribution is 5.80. The molecule has 2 aromatic rings. The molecule has 2 unspecified atom stereocenters. The standard InChI is InChI=1S/C25H33N3O/c1-27(2)25(22-11-7-4-8-12-22)13-15-28(16-14-25)24(29)23-19-26-18-21(23)17-20-9-5-3-6-10-20/h3-12,21,23,26H,13-19H2,1-2H3. The highest BCUT2D eigenvalue weighted by atomic mass is 16.2. The fraction of sp³-hybridized carbons (Fsp3) is 0.480. The average molecular weight is 392 g/mol. The summed E-state index contributed by atoms with van der Waals surface area (Å²) in [5, 5.41) is 3.47. The normalized spacial score (nSPS) is 24.0. The van der Waals surface area contributed by atoms with Crippen molar-refractivity contribution in [3.8, 4) is 0 Å². The molecule has 2 saturated heterocycles. The Morgan fingerprint density at radius 2 is 1.62 bits per heavy atom. The van der Waals surface area contributed by atoms with Crippen LogP contribution in [-0.2, 0) is 16.8 Å². The van der Waals surface area contributed by atoms with Crippen LogP contribution >= 0.6 is 0 Å². The smallest absolute Gasteiger partial charge is 0.227 e. The summed E-state index contributed by atoms with van der Waals surface area (Å²) in [6, 6.07) is 21.3. The predicted molar refractivity (Wildman–Crippen MR) is 118 cm³/mol. The van der Waals surface area contributed by atoms with Crippen molar-refractivity contribution in [3.05, 3.63) is 71.8 Å². The summed E-state index contributed by atoms with van der Waals surface area (Å²) in [7, 11) is 4.34. The van der Waals surface area contributed by atoms with E-state index in [0.717, 1.165) is 45.4 Å². The number of nitrogens with zero attached hydrogens (tertiary/aromatic N) is 2. The SMILES string of the molecule is CN(C)C1(c2ccccc2)CCN(C(=O)C2CNCC2Cc2ccccc2)CC1. The van der Waals surface area contributed by atoms with E-state index in [4.69, 9.17) is 0 Å². The zero-order chi connectivity index (χ0) is 20.3. The minimum Gasteiger partial charge on any atom is -0.342 e. The second-order valence-corrected chi connectivity index (χ2v) is 8.83. The molecule has 0 spiro atoms. The van der Waals surface area contributed by atoms with Gasteiger partial charge < -0.3 is 10.2 Å². The Morgan fingerprint density at radius 1 is 1.00 bits per heavy atom. The van der Waals surface area contributed by atoms with Gasteiger partial charge in [-0.05, 0) is 56.9 Å². The van der Waals surface area contributed by atoms with Gasteiger partial charge in [-0.1, -0.05) is 60.7 Å². The molecule has 0 bridgehead atoms. The molecule has 2 fully saturated rings. The zero-order valence-corrected chi connectivity index (χ0v) is 17.7. The molecule has 4 heteroatoms. The fourth-order valence-electron chi connectivity index (χ4n) is 5.23. The first-order valence-electron chi connectivity index (χ1n) is 10.9. The highest BCUT2D eigenvalue weighted by Crippen LogP contribution is 2.38. The van der Waals surface area contributed by atoms with Gasteiger partial charge in [-0.15, -0.1) is 0 Å². The molecular weight excluding hydrogens is 358 g/mol. The molecule has 2 aromatic carbocycles. The maximum absolute atomic E-state index is 13.4. The van der Waals surface area contributed by atoms with Gasteiger partial charge in [0.05, 0.1) is 5.92 Å². The van der Waals surface area contributed by atoms with Gasteiger partial charge in [0.2, 0.25) is 5.91 Å². The maximum atomic E-state index is 13.4. The minimum absolute atomic E-state index is 0.0232. The molecule has 0 radical (unpaired) electrons. The lowest BCUT2D eigenvalue weighted by molar-refractivity contribution is -0.138. The molecular formula is C25H33N3O. The van der Waals surface area contributed by atoms with E-state index < -0.39 is 0 Å². The van der Waals surface area contributed by atoms with Crippen LogP contribution in [0.1, 0.15) is 24.0 Å². The van der Waals surface area contributed by atoms with Gasteiger partial charge in [0.15, 0.2) is 0 Å². The molecule has 0 aromatic heterocycles. The summed E-state index contributed by atoms with van der Waals surface area (Å²) >= 11 is 0. The number of rotatable bonds is 5. The van der Waals surface area contributed by atoms with Crippen molar-refractivity contribution < 1.29 is 4.79 Å². The third-order valence-corrected chi connectivity index (χ3v) is 7.07. The molecule has 4 rings (SSSR count). The van der Waals surface area contributed by atoms with Gasteiger partial charge in [-0.2, -0.15) is 0 Å². The number of hydrogen-bond acceptors (Lipinski definition) is 3. The topological polar surface area (TPSA) is 35.6 Å².